The van der Waals surface area contributed by atoms with E-state index < -0.39 is 28.6 Å². The molecule has 0 unspecified atom stereocenters. The number of nitrogens with zero attached hydrogens (tertiary/aromatic N) is 2. The van der Waals surface area contributed by atoms with Gasteiger partial charge < -0.3 is 21.0 Å². The average Bonchev–Trinajstić information content (AvgIpc) is 2.16. The fourth-order valence-corrected chi connectivity index (χ4v) is 1.03. The van der Waals surface area contributed by atoms with E-state index in [1.807, 2.05) is 0 Å². The van der Waals surface area contributed by atoms with Crippen LogP contribution in [0.4, 0.5) is 14.6 Å². The second-order valence-corrected chi connectivity index (χ2v) is 2.64. The summed E-state index contributed by atoms with van der Waals surface area (Å²) in [4.78, 5) is 12.3. The molecule has 0 fully saturated rings. The van der Waals surface area contributed by atoms with Crippen LogP contribution in [0.3, 0.4) is 0 Å². The minimum absolute atomic E-state index is 0.117. The fraction of sp³-hybridized carbons (Fsp3) is 0.286. The second-order valence-electron chi connectivity index (χ2n) is 2.64. The summed E-state index contributed by atoms with van der Waals surface area (Å²) in [6, 6.07) is 0.826. The molecule has 1 rings (SSSR count). The van der Waals surface area contributed by atoms with Crippen LogP contribution in [-0.2, 0) is 6.54 Å². The van der Waals surface area contributed by atoms with E-state index in [1.54, 1.807) is 0 Å². The number of rotatable bonds is 3. The maximum Gasteiger partial charge on any atom is 0.406 e. The number of hydrogen-bond acceptors (Lipinski definition) is 5. The molecule has 3 N–H and O–H groups in total. The Morgan fingerprint density at radius 2 is 2.27 bits per heavy atom. The van der Waals surface area contributed by atoms with Gasteiger partial charge in [-0.15, -0.1) is 0 Å². The standard InChI is InChI=1S/C7H7F2N3O3/c8-6(9)5-3(2-10)1-4(13)7(11-5)12(14)15/h1,6,13H,2,10H2. The first kappa shape index (κ1) is 11.2. The number of aromatic hydroxyl groups is 1. The molecule has 0 spiro atoms. The lowest BCUT2D eigenvalue weighted by Gasteiger charge is -2.03. The van der Waals surface area contributed by atoms with Crippen LogP contribution in [0.15, 0.2) is 6.07 Å². The van der Waals surface area contributed by atoms with Gasteiger partial charge in [0, 0.05) is 12.1 Å². The van der Waals surface area contributed by atoms with Gasteiger partial charge in [-0.3, -0.25) is 0 Å². The molecule has 0 aliphatic rings. The molecule has 0 aliphatic carbocycles. The molecule has 1 heterocycles. The molecule has 82 valence electrons. The largest absolute Gasteiger partial charge is 0.501 e. The van der Waals surface area contributed by atoms with E-state index in [4.69, 9.17) is 10.8 Å². The van der Waals surface area contributed by atoms with Gasteiger partial charge in [-0.2, -0.15) is 0 Å². The minimum Gasteiger partial charge on any atom is -0.501 e. The van der Waals surface area contributed by atoms with Gasteiger partial charge in [0.2, 0.25) is 11.4 Å². The zero-order valence-corrected chi connectivity index (χ0v) is 7.35. The molecular weight excluding hydrogens is 212 g/mol. The van der Waals surface area contributed by atoms with Crippen molar-refractivity contribution in [2.45, 2.75) is 13.0 Å². The number of pyridine rings is 1. The van der Waals surface area contributed by atoms with Gasteiger partial charge in [0.1, 0.15) is 0 Å². The summed E-state index contributed by atoms with van der Waals surface area (Å²) in [6.45, 7) is -0.280. The zero-order chi connectivity index (χ0) is 11.6. The summed E-state index contributed by atoms with van der Waals surface area (Å²) in [5.41, 5.74) is 4.24. The van der Waals surface area contributed by atoms with Crippen LogP contribution < -0.4 is 5.73 Å². The van der Waals surface area contributed by atoms with E-state index >= 15 is 0 Å². The molecule has 8 heteroatoms. The molecule has 1 aromatic rings. The van der Waals surface area contributed by atoms with Gasteiger partial charge in [0.05, 0.1) is 0 Å². The van der Waals surface area contributed by atoms with Crippen LogP contribution in [0.1, 0.15) is 17.7 Å². The third kappa shape index (κ3) is 2.15. The molecule has 0 saturated heterocycles. The van der Waals surface area contributed by atoms with Crippen molar-refractivity contribution in [2.75, 3.05) is 0 Å². The van der Waals surface area contributed by atoms with Gasteiger partial charge in [0.15, 0.2) is 0 Å². The highest BCUT2D eigenvalue weighted by Crippen LogP contribution is 2.30. The smallest absolute Gasteiger partial charge is 0.406 e. The number of hydrogen-bond donors (Lipinski definition) is 2. The summed E-state index contributed by atoms with van der Waals surface area (Å²) >= 11 is 0. The molecule has 0 aromatic carbocycles. The van der Waals surface area contributed by atoms with Crippen molar-refractivity contribution in [3.8, 4) is 5.75 Å². The summed E-state index contributed by atoms with van der Waals surface area (Å²) < 4.78 is 24.7. The van der Waals surface area contributed by atoms with E-state index in [1.165, 1.54) is 0 Å². The Bertz CT molecular complexity index is 397. The van der Waals surface area contributed by atoms with Gasteiger partial charge >= 0.3 is 12.2 Å². The van der Waals surface area contributed by atoms with Crippen LogP contribution in [0.5, 0.6) is 5.75 Å². The molecule has 1 aromatic heterocycles. The highest BCUT2D eigenvalue weighted by molar-refractivity contribution is 5.43. The van der Waals surface area contributed by atoms with Crippen LogP contribution in [0, 0.1) is 10.1 Å². The van der Waals surface area contributed by atoms with E-state index in [-0.39, 0.29) is 12.1 Å². The lowest BCUT2D eigenvalue weighted by Crippen LogP contribution is -2.06. The van der Waals surface area contributed by atoms with E-state index in [0.717, 1.165) is 6.07 Å². The van der Waals surface area contributed by atoms with Gasteiger partial charge in [0.25, 0.3) is 0 Å². The lowest BCUT2D eigenvalue weighted by molar-refractivity contribution is -0.390. The number of alkyl halides is 2. The highest BCUT2D eigenvalue weighted by Gasteiger charge is 2.26. The van der Waals surface area contributed by atoms with Crippen LogP contribution in [-0.4, -0.2) is 15.0 Å². The third-order valence-electron chi connectivity index (χ3n) is 1.69. The maximum absolute atomic E-state index is 12.4. The Hall–Kier alpha value is -1.83. The van der Waals surface area contributed by atoms with Gasteiger partial charge in [-0.05, 0) is 16.0 Å². The summed E-state index contributed by atoms with van der Waals surface area (Å²) in [5.74, 6) is -1.77. The lowest BCUT2D eigenvalue weighted by atomic mass is 10.2. The number of halogens is 2. The van der Waals surface area contributed by atoms with Gasteiger partial charge in [-0.25, -0.2) is 8.78 Å². The number of aromatic nitrogens is 1. The molecule has 0 amide bonds. The Morgan fingerprint density at radius 3 is 2.67 bits per heavy atom. The van der Waals surface area contributed by atoms with Crippen LogP contribution in [0.2, 0.25) is 0 Å². The molecular formula is C7H7F2N3O3. The molecule has 0 atom stereocenters. The number of nitrogens with two attached hydrogens (primary N) is 1. The summed E-state index contributed by atoms with van der Waals surface area (Å²) in [6.07, 6.45) is -2.97. The SMILES string of the molecule is NCc1cc(O)c([N+](=O)[O-])nc1C(F)F. The third-order valence-corrected chi connectivity index (χ3v) is 1.69. The van der Waals surface area contributed by atoms with Crippen molar-refractivity contribution in [1.82, 2.24) is 4.98 Å². The van der Waals surface area contributed by atoms with Crippen LogP contribution >= 0.6 is 0 Å². The maximum atomic E-state index is 12.4. The first-order valence-corrected chi connectivity index (χ1v) is 3.82. The van der Waals surface area contributed by atoms with E-state index in [2.05, 4.69) is 4.98 Å². The topological polar surface area (TPSA) is 102 Å². The molecule has 0 aliphatic heterocycles. The second kappa shape index (κ2) is 4.13. The Morgan fingerprint density at radius 1 is 1.67 bits per heavy atom. The minimum atomic E-state index is -2.97. The van der Waals surface area contributed by atoms with Gasteiger partial charge in [-0.1, -0.05) is 0 Å². The molecule has 0 saturated carbocycles. The van der Waals surface area contributed by atoms with Crippen molar-refractivity contribution in [3.63, 3.8) is 0 Å². The quantitative estimate of drug-likeness (QED) is 0.585. The molecule has 15 heavy (non-hydrogen) atoms. The van der Waals surface area contributed by atoms with Crippen LogP contribution in [0.25, 0.3) is 0 Å². The average molecular weight is 219 g/mol. The first-order valence-electron chi connectivity index (χ1n) is 3.82. The Balaban J connectivity index is 3.37. The van der Waals surface area contributed by atoms with E-state index in [9.17, 15) is 18.9 Å². The monoisotopic (exact) mass is 219 g/mol. The Kier molecular flexibility index (Phi) is 3.10. The predicted molar refractivity (Wildman–Crippen MR) is 45.4 cm³/mol. The first-order chi connectivity index (χ1) is 6.97. The van der Waals surface area contributed by atoms with Crippen molar-refractivity contribution >= 4 is 5.82 Å². The highest BCUT2D eigenvalue weighted by atomic mass is 19.3. The fourth-order valence-electron chi connectivity index (χ4n) is 1.03. The van der Waals surface area contributed by atoms with Crippen molar-refractivity contribution in [2.24, 2.45) is 5.73 Å². The zero-order valence-electron chi connectivity index (χ0n) is 7.35. The van der Waals surface area contributed by atoms with E-state index in [0.29, 0.717) is 0 Å². The molecule has 0 radical (unpaired) electrons. The number of nitro groups is 1. The normalized spacial score (nSPS) is 10.7. The van der Waals surface area contributed by atoms with Crippen molar-refractivity contribution < 1.29 is 18.8 Å². The molecule has 0 bridgehead atoms. The summed E-state index contributed by atoms with van der Waals surface area (Å²) in [5, 5.41) is 19.4. The Labute approximate surface area is 82.5 Å². The van der Waals surface area contributed by atoms with Crippen molar-refractivity contribution in [3.05, 3.63) is 27.4 Å². The summed E-state index contributed by atoms with van der Waals surface area (Å²) in [7, 11) is 0. The predicted octanol–water partition coefficient (Wildman–Crippen LogP) is 1.09. The van der Waals surface area contributed by atoms with Crippen molar-refractivity contribution in [1.29, 1.82) is 0 Å². The molecule has 6 nitrogen and oxygen atoms in total.